The number of hydrogen-bond acceptors (Lipinski definition) is 4. The largest absolute Gasteiger partial charge is 0.318 e. The highest BCUT2D eigenvalue weighted by Gasteiger charge is 2.01. The van der Waals surface area contributed by atoms with Gasteiger partial charge in [-0.15, -0.1) is 0 Å². The molecule has 0 amide bonds. The van der Waals surface area contributed by atoms with Gasteiger partial charge in [-0.25, -0.2) is 5.84 Å². The maximum atomic E-state index is 5.44. The summed E-state index contributed by atoms with van der Waals surface area (Å²) < 4.78 is 0. The molecule has 0 aromatic heterocycles. The molecular weight excluding hydrogens is 156 g/mol. The number of hydrogen-bond donors (Lipinski definition) is 1. The molecule has 4 nitrogen and oxygen atoms in total. The van der Waals surface area contributed by atoms with Crippen molar-refractivity contribution in [3.8, 4) is 0 Å². The third-order valence-corrected chi connectivity index (χ3v) is 0.980. The molecule has 0 spiro atoms. The molecule has 0 saturated carbocycles. The third kappa shape index (κ3) is 4.76. The summed E-state index contributed by atoms with van der Waals surface area (Å²) in [6.45, 7) is 7.84. The van der Waals surface area contributed by atoms with Gasteiger partial charge in [0.05, 0.1) is 6.61 Å². The van der Waals surface area contributed by atoms with Gasteiger partial charge in [-0.2, -0.15) is 4.89 Å². The molecule has 0 aliphatic rings. The molecule has 0 saturated heterocycles. The van der Waals surface area contributed by atoms with Gasteiger partial charge in [-0.05, 0) is 13.8 Å². The first-order valence-electron chi connectivity index (χ1n) is 3.73. The van der Waals surface area contributed by atoms with Gasteiger partial charge in [-0.3, -0.25) is 5.01 Å². The Morgan fingerprint density at radius 3 is 2.58 bits per heavy atom. The molecule has 0 rings (SSSR count). The molecule has 2 N–H and O–H groups in total. The van der Waals surface area contributed by atoms with Crippen LogP contribution in [0.2, 0.25) is 0 Å². The Balaban J connectivity index is 4.13. The molecule has 0 heterocycles. The lowest BCUT2D eigenvalue weighted by Crippen LogP contribution is -2.26. The first-order chi connectivity index (χ1) is 5.57. The minimum Gasteiger partial charge on any atom is -0.318 e. The van der Waals surface area contributed by atoms with Crippen LogP contribution in [0.4, 0.5) is 0 Å². The lowest BCUT2D eigenvalue weighted by atomic mass is 10.3. The number of rotatable bonds is 5. The maximum Gasteiger partial charge on any atom is 0.246 e. The van der Waals surface area contributed by atoms with Crippen LogP contribution in [-0.2, 0) is 9.78 Å². The number of hydrazine groups is 1. The zero-order valence-electron chi connectivity index (χ0n) is 7.83. The minimum atomic E-state index is 0.435. The molecule has 4 heteroatoms. The summed E-state index contributed by atoms with van der Waals surface area (Å²) in [7, 11) is 1.66. The molecule has 0 atom stereocenters. The van der Waals surface area contributed by atoms with Crippen LogP contribution in [0.25, 0.3) is 0 Å². The number of nitrogens with two attached hydrogens (primary N) is 1. The fraction of sp³-hybridized carbons (Fsp3) is 0.500. The number of nitrogens with zero attached hydrogens (tertiary/aromatic N) is 1. The molecule has 0 aliphatic carbocycles. The molecule has 12 heavy (non-hydrogen) atoms. The van der Waals surface area contributed by atoms with Gasteiger partial charge in [0.25, 0.3) is 0 Å². The highest BCUT2D eigenvalue weighted by atomic mass is 17.2. The average Bonchev–Trinajstić information content (AvgIpc) is 1.96. The standard InChI is InChI=1S/C8H16N2O2/c1-5-11-12-8(10(4)9)6-7(2)3/h6H,2,5,9H2,1,3-4H3/b8-6+. The Hall–Kier alpha value is -1.00. The lowest BCUT2D eigenvalue weighted by molar-refractivity contribution is -0.273. The van der Waals surface area contributed by atoms with Gasteiger partial charge in [0.2, 0.25) is 5.88 Å². The lowest BCUT2D eigenvalue weighted by Gasteiger charge is -2.14. The van der Waals surface area contributed by atoms with Crippen molar-refractivity contribution < 1.29 is 9.78 Å². The van der Waals surface area contributed by atoms with Crippen molar-refractivity contribution in [2.75, 3.05) is 13.7 Å². The summed E-state index contributed by atoms with van der Waals surface area (Å²) in [5, 5.41) is 1.32. The van der Waals surface area contributed by atoms with Crippen LogP contribution >= 0.6 is 0 Å². The third-order valence-electron chi connectivity index (χ3n) is 0.980. The van der Waals surface area contributed by atoms with E-state index in [2.05, 4.69) is 6.58 Å². The molecule has 0 unspecified atom stereocenters. The Morgan fingerprint density at radius 2 is 2.25 bits per heavy atom. The Morgan fingerprint density at radius 1 is 1.67 bits per heavy atom. The van der Waals surface area contributed by atoms with E-state index in [-0.39, 0.29) is 0 Å². The predicted octanol–water partition coefficient (Wildman–Crippen LogP) is 1.18. The monoisotopic (exact) mass is 172 g/mol. The molecular formula is C8H16N2O2. The van der Waals surface area contributed by atoms with Gasteiger partial charge in [0.1, 0.15) is 0 Å². The van der Waals surface area contributed by atoms with Crippen LogP contribution in [0.1, 0.15) is 13.8 Å². The molecule has 0 aromatic rings. The van der Waals surface area contributed by atoms with Crippen LogP contribution in [0.15, 0.2) is 24.1 Å². The van der Waals surface area contributed by atoms with E-state index in [1.807, 2.05) is 13.8 Å². The fourth-order valence-electron chi connectivity index (χ4n) is 0.515. The summed E-state index contributed by atoms with van der Waals surface area (Å²) in [5.74, 6) is 5.88. The van der Waals surface area contributed by atoms with Crippen molar-refractivity contribution in [1.82, 2.24) is 5.01 Å². The van der Waals surface area contributed by atoms with E-state index in [0.29, 0.717) is 12.5 Å². The minimum absolute atomic E-state index is 0.435. The molecule has 0 bridgehead atoms. The Labute approximate surface area is 73.1 Å². The first kappa shape index (κ1) is 11.0. The van der Waals surface area contributed by atoms with E-state index in [0.717, 1.165) is 5.57 Å². The molecule has 0 radical (unpaired) electrons. The van der Waals surface area contributed by atoms with E-state index < -0.39 is 0 Å². The van der Waals surface area contributed by atoms with Crippen molar-refractivity contribution in [3.63, 3.8) is 0 Å². The van der Waals surface area contributed by atoms with E-state index in [1.165, 1.54) is 5.01 Å². The van der Waals surface area contributed by atoms with Crippen LogP contribution in [0.5, 0.6) is 0 Å². The highest BCUT2D eigenvalue weighted by molar-refractivity contribution is 5.13. The predicted molar refractivity (Wildman–Crippen MR) is 47.6 cm³/mol. The smallest absolute Gasteiger partial charge is 0.246 e. The van der Waals surface area contributed by atoms with E-state index in [4.69, 9.17) is 15.6 Å². The second-order valence-electron chi connectivity index (χ2n) is 2.43. The van der Waals surface area contributed by atoms with Crippen molar-refractivity contribution in [3.05, 3.63) is 24.1 Å². The highest BCUT2D eigenvalue weighted by Crippen LogP contribution is 2.03. The van der Waals surface area contributed by atoms with Gasteiger partial charge < -0.3 is 4.89 Å². The zero-order chi connectivity index (χ0) is 9.56. The van der Waals surface area contributed by atoms with Crippen molar-refractivity contribution in [1.29, 1.82) is 0 Å². The average molecular weight is 172 g/mol. The molecule has 0 aliphatic heterocycles. The van der Waals surface area contributed by atoms with Crippen LogP contribution in [-0.4, -0.2) is 18.7 Å². The second-order valence-corrected chi connectivity index (χ2v) is 2.43. The van der Waals surface area contributed by atoms with E-state index >= 15 is 0 Å². The van der Waals surface area contributed by atoms with Crippen LogP contribution < -0.4 is 5.84 Å². The van der Waals surface area contributed by atoms with E-state index in [9.17, 15) is 0 Å². The zero-order valence-corrected chi connectivity index (χ0v) is 7.83. The van der Waals surface area contributed by atoms with Gasteiger partial charge in [0.15, 0.2) is 0 Å². The summed E-state index contributed by atoms with van der Waals surface area (Å²) in [5.41, 5.74) is 0.849. The first-order valence-corrected chi connectivity index (χ1v) is 3.73. The fourth-order valence-corrected chi connectivity index (χ4v) is 0.515. The Kier molecular flexibility index (Phi) is 5.16. The van der Waals surface area contributed by atoms with Gasteiger partial charge >= 0.3 is 0 Å². The van der Waals surface area contributed by atoms with Crippen molar-refractivity contribution in [2.24, 2.45) is 5.84 Å². The summed E-state index contributed by atoms with van der Waals surface area (Å²) in [4.78, 5) is 9.59. The summed E-state index contributed by atoms with van der Waals surface area (Å²) in [6.07, 6.45) is 1.69. The second kappa shape index (κ2) is 5.62. The molecule has 0 aromatic carbocycles. The van der Waals surface area contributed by atoms with Crippen LogP contribution in [0, 0.1) is 0 Å². The summed E-state index contributed by atoms with van der Waals surface area (Å²) in [6, 6.07) is 0. The van der Waals surface area contributed by atoms with Crippen LogP contribution in [0.3, 0.4) is 0 Å². The molecule has 70 valence electrons. The van der Waals surface area contributed by atoms with Gasteiger partial charge in [-0.1, -0.05) is 12.2 Å². The maximum absolute atomic E-state index is 5.44. The van der Waals surface area contributed by atoms with Crippen molar-refractivity contribution in [2.45, 2.75) is 13.8 Å². The van der Waals surface area contributed by atoms with E-state index in [1.54, 1.807) is 13.1 Å². The molecule has 0 fully saturated rings. The van der Waals surface area contributed by atoms with Gasteiger partial charge in [0, 0.05) is 13.1 Å². The quantitative estimate of drug-likeness (QED) is 0.222. The SMILES string of the molecule is C=C(C)/C=C(/OOCC)N(C)N. The number of allylic oxidation sites excluding steroid dienone is 2. The summed E-state index contributed by atoms with van der Waals surface area (Å²) >= 11 is 0. The van der Waals surface area contributed by atoms with Crippen molar-refractivity contribution >= 4 is 0 Å². The topological polar surface area (TPSA) is 47.7 Å². The Bertz CT molecular complexity index is 176. The normalized spacial score (nSPS) is 11.2.